The van der Waals surface area contributed by atoms with Crippen molar-refractivity contribution < 1.29 is 19.4 Å². The van der Waals surface area contributed by atoms with Crippen LogP contribution in [0.3, 0.4) is 0 Å². The Kier molecular flexibility index (Phi) is 3.76. The van der Waals surface area contributed by atoms with Crippen molar-refractivity contribution in [1.82, 2.24) is 9.97 Å². The summed E-state index contributed by atoms with van der Waals surface area (Å²) in [6.45, 7) is 0.00847. The Morgan fingerprint density at radius 1 is 1.12 bits per heavy atom. The van der Waals surface area contributed by atoms with Crippen molar-refractivity contribution in [3.05, 3.63) is 54.2 Å². The van der Waals surface area contributed by atoms with E-state index in [2.05, 4.69) is 9.97 Å². The van der Waals surface area contributed by atoms with E-state index in [0.717, 1.165) is 11.0 Å². The lowest BCUT2D eigenvalue weighted by atomic mass is 10.2. The fourth-order valence-corrected chi connectivity index (χ4v) is 3.03. The summed E-state index contributed by atoms with van der Waals surface area (Å²) < 4.78 is 10.5. The number of aliphatic hydroxyl groups is 1. The average Bonchev–Trinajstić information content (AvgIpc) is 3.21. The first kappa shape index (κ1) is 16.0. The summed E-state index contributed by atoms with van der Waals surface area (Å²) >= 11 is 0. The number of ketones is 1. The zero-order chi connectivity index (χ0) is 18.3. The summed E-state index contributed by atoms with van der Waals surface area (Å²) in [5.41, 5.74) is 2.30. The summed E-state index contributed by atoms with van der Waals surface area (Å²) in [4.78, 5) is 21.6. The fourth-order valence-electron chi connectivity index (χ4n) is 3.03. The lowest BCUT2D eigenvalue weighted by Crippen LogP contribution is -2.21. The highest BCUT2D eigenvalue weighted by molar-refractivity contribution is 6.25. The minimum atomic E-state index is -0.219. The predicted molar refractivity (Wildman–Crippen MR) is 97.5 cm³/mol. The van der Waals surface area contributed by atoms with Gasteiger partial charge in [-0.15, -0.1) is 0 Å². The molecule has 1 aliphatic heterocycles. The monoisotopic (exact) mass is 351 g/mol. The van der Waals surface area contributed by atoms with Gasteiger partial charge < -0.3 is 24.5 Å². The summed E-state index contributed by atoms with van der Waals surface area (Å²) in [6, 6.07) is 12.6. The number of nitrogens with zero attached hydrogens (tertiary/aromatic N) is 2. The molecule has 0 aliphatic carbocycles. The number of H-pyrrole nitrogens is 1. The van der Waals surface area contributed by atoms with Crippen LogP contribution in [0.1, 0.15) is 5.82 Å². The Hall–Kier alpha value is -3.48. The Morgan fingerprint density at radius 2 is 1.81 bits per heavy atom. The Bertz CT molecular complexity index is 983. The van der Waals surface area contributed by atoms with Crippen molar-refractivity contribution in [1.29, 1.82) is 0 Å². The maximum atomic E-state index is 12.6. The smallest absolute Gasteiger partial charge is 0.206 e. The number of carbonyl (C=O) groups is 1. The first-order valence-electron chi connectivity index (χ1n) is 8.03. The van der Waals surface area contributed by atoms with Crippen LogP contribution in [0, 0.1) is 0 Å². The molecule has 1 aliphatic rings. The van der Waals surface area contributed by atoms with Crippen LogP contribution < -0.4 is 14.4 Å². The van der Waals surface area contributed by atoms with Gasteiger partial charge in [-0.3, -0.25) is 4.79 Å². The second-order valence-electron chi connectivity index (χ2n) is 5.88. The number of imidazole rings is 1. The molecule has 0 atom stereocenters. The number of ether oxygens (including phenoxy) is 2. The van der Waals surface area contributed by atoms with Crippen LogP contribution in [0.15, 0.2) is 48.3 Å². The number of benzene rings is 2. The van der Waals surface area contributed by atoms with Crippen LogP contribution in [0.5, 0.6) is 11.5 Å². The molecule has 0 fully saturated rings. The molecule has 0 unspecified atom stereocenters. The normalized spacial score (nSPS) is 14.4. The van der Waals surface area contributed by atoms with E-state index in [-0.39, 0.29) is 23.8 Å². The Balaban J connectivity index is 1.79. The summed E-state index contributed by atoms with van der Waals surface area (Å²) in [6.07, 6.45) is 0. The average molecular weight is 351 g/mol. The van der Waals surface area contributed by atoms with Crippen molar-refractivity contribution >= 4 is 28.1 Å². The van der Waals surface area contributed by atoms with Crippen LogP contribution in [0.2, 0.25) is 0 Å². The SMILES string of the molecule is COc1cc(OC)cc(N2CC(=O)C(c3nc4ccccc4[nH]3)=C2O)c1. The van der Waals surface area contributed by atoms with Gasteiger partial charge in [0.2, 0.25) is 5.88 Å². The summed E-state index contributed by atoms with van der Waals surface area (Å²) in [5, 5.41) is 10.7. The van der Waals surface area contributed by atoms with Gasteiger partial charge in [0.15, 0.2) is 5.78 Å². The Morgan fingerprint density at radius 3 is 2.46 bits per heavy atom. The van der Waals surface area contributed by atoms with Gasteiger partial charge in [0, 0.05) is 18.2 Å². The van der Waals surface area contributed by atoms with Gasteiger partial charge in [-0.1, -0.05) is 12.1 Å². The van der Waals surface area contributed by atoms with Gasteiger partial charge in [0.1, 0.15) is 22.9 Å². The number of carbonyl (C=O) groups excluding carboxylic acids is 1. The summed E-state index contributed by atoms with van der Waals surface area (Å²) in [7, 11) is 3.09. The molecule has 0 radical (unpaired) electrons. The van der Waals surface area contributed by atoms with Crippen LogP contribution in [-0.2, 0) is 4.79 Å². The zero-order valence-electron chi connectivity index (χ0n) is 14.3. The molecular weight excluding hydrogens is 334 g/mol. The molecule has 7 heteroatoms. The number of aliphatic hydroxyl groups excluding tert-OH is 1. The maximum absolute atomic E-state index is 12.6. The number of aromatic nitrogens is 2. The lowest BCUT2D eigenvalue weighted by Gasteiger charge is -2.19. The molecule has 0 spiro atoms. The molecule has 2 heterocycles. The molecular formula is C19H17N3O4. The number of hydrogen-bond donors (Lipinski definition) is 2. The third-order valence-corrected chi connectivity index (χ3v) is 4.33. The van der Waals surface area contributed by atoms with E-state index >= 15 is 0 Å². The van der Waals surface area contributed by atoms with Crippen molar-refractivity contribution in [3.8, 4) is 11.5 Å². The largest absolute Gasteiger partial charge is 0.497 e. The predicted octanol–water partition coefficient (Wildman–Crippen LogP) is 2.90. The van der Waals surface area contributed by atoms with Crippen molar-refractivity contribution in [2.75, 3.05) is 25.7 Å². The molecule has 7 nitrogen and oxygen atoms in total. The molecule has 26 heavy (non-hydrogen) atoms. The van der Waals surface area contributed by atoms with Gasteiger partial charge in [-0.2, -0.15) is 0 Å². The van der Waals surface area contributed by atoms with Crippen LogP contribution >= 0.6 is 0 Å². The number of anilines is 1. The van der Waals surface area contributed by atoms with Crippen molar-refractivity contribution in [2.24, 2.45) is 0 Å². The van der Waals surface area contributed by atoms with E-state index < -0.39 is 0 Å². The van der Waals surface area contributed by atoms with E-state index in [1.807, 2.05) is 24.3 Å². The minimum Gasteiger partial charge on any atom is -0.497 e. The topological polar surface area (TPSA) is 87.7 Å². The zero-order valence-corrected chi connectivity index (χ0v) is 14.3. The highest BCUT2D eigenvalue weighted by Crippen LogP contribution is 2.35. The van der Waals surface area contributed by atoms with Gasteiger partial charge in [0.05, 0.1) is 37.5 Å². The van der Waals surface area contributed by atoms with Crippen molar-refractivity contribution in [3.63, 3.8) is 0 Å². The molecule has 3 aromatic rings. The highest BCUT2D eigenvalue weighted by atomic mass is 16.5. The van der Waals surface area contributed by atoms with Crippen LogP contribution in [0.25, 0.3) is 16.6 Å². The number of para-hydroxylation sites is 2. The fraction of sp³-hybridized carbons (Fsp3) is 0.158. The van der Waals surface area contributed by atoms with Gasteiger partial charge in [-0.05, 0) is 12.1 Å². The number of Topliss-reactive ketones (excluding diaryl/α,β-unsaturated/α-hetero) is 1. The summed E-state index contributed by atoms with van der Waals surface area (Å²) in [5.74, 6) is 1.12. The van der Waals surface area contributed by atoms with E-state index in [1.165, 1.54) is 4.90 Å². The maximum Gasteiger partial charge on any atom is 0.206 e. The number of aromatic amines is 1. The van der Waals surface area contributed by atoms with E-state index in [4.69, 9.17) is 9.47 Å². The third kappa shape index (κ3) is 2.54. The number of nitrogens with one attached hydrogen (secondary N) is 1. The molecule has 0 saturated heterocycles. The van der Waals surface area contributed by atoms with Crippen LogP contribution in [-0.4, -0.2) is 41.6 Å². The van der Waals surface area contributed by atoms with Crippen LogP contribution in [0.4, 0.5) is 5.69 Å². The molecule has 132 valence electrons. The third-order valence-electron chi connectivity index (χ3n) is 4.33. The Labute approximate surface area is 149 Å². The van der Waals surface area contributed by atoms with Gasteiger partial charge in [0.25, 0.3) is 0 Å². The molecule has 0 bridgehead atoms. The molecule has 0 amide bonds. The number of fused-ring (bicyclic) bond motifs is 1. The minimum absolute atomic E-state index is 0.00847. The van der Waals surface area contributed by atoms with Crippen molar-refractivity contribution in [2.45, 2.75) is 0 Å². The second-order valence-corrected chi connectivity index (χ2v) is 5.88. The van der Waals surface area contributed by atoms with E-state index in [0.29, 0.717) is 23.0 Å². The second kappa shape index (κ2) is 6.11. The van der Waals surface area contributed by atoms with E-state index in [9.17, 15) is 9.90 Å². The van der Waals surface area contributed by atoms with Gasteiger partial charge >= 0.3 is 0 Å². The first-order valence-corrected chi connectivity index (χ1v) is 8.03. The van der Waals surface area contributed by atoms with Gasteiger partial charge in [-0.25, -0.2) is 4.98 Å². The number of hydrogen-bond acceptors (Lipinski definition) is 6. The first-order chi connectivity index (χ1) is 12.6. The molecule has 1 aromatic heterocycles. The molecule has 2 N–H and O–H groups in total. The molecule has 4 rings (SSSR count). The lowest BCUT2D eigenvalue weighted by molar-refractivity contribution is -0.112. The molecule has 2 aromatic carbocycles. The molecule has 0 saturated carbocycles. The number of rotatable bonds is 4. The highest BCUT2D eigenvalue weighted by Gasteiger charge is 2.34. The van der Waals surface area contributed by atoms with E-state index in [1.54, 1.807) is 32.4 Å². The number of methoxy groups -OCH3 is 2. The quantitative estimate of drug-likeness (QED) is 0.751. The standard InChI is InChI=1S/C19H17N3O4/c1-25-12-7-11(8-13(9-12)26-2)22-10-16(23)17(19(22)24)18-20-14-5-3-4-6-15(14)21-18/h3-9,24H,10H2,1-2H3,(H,20,21).